The van der Waals surface area contributed by atoms with Gasteiger partial charge in [0.15, 0.2) is 0 Å². The fourth-order valence-electron chi connectivity index (χ4n) is 3.43. The Morgan fingerprint density at radius 2 is 2.21 bits per heavy atom. The van der Waals surface area contributed by atoms with Crippen LogP contribution in [0, 0.1) is 17.2 Å². The van der Waals surface area contributed by atoms with Crippen LogP contribution in [0.2, 0.25) is 0 Å². The van der Waals surface area contributed by atoms with Crippen molar-refractivity contribution in [2.24, 2.45) is 11.3 Å². The van der Waals surface area contributed by atoms with Crippen LogP contribution in [0.4, 0.5) is 4.39 Å². The first-order valence-electron chi connectivity index (χ1n) is 8.35. The molecule has 24 heavy (non-hydrogen) atoms. The van der Waals surface area contributed by atoms with Crippen LogP contribution >= 0.6 is 0 Å². The maximum Gasteiger partial charge on any atom is 0.225 e. The van der Waals surface area contributed by atoms with Crippen LogP contribution in [0.15, 0.2) is 24.3 Å². The molecule has 130 valence electrons. The molecule has 5 nitrogen and oxygen atoms in total. The van der Waals surface area contributed by atoms with Crippen LogP contribution in [0.1, 0.15) is 37.3 Å². The average molecular weight is 334 g/mol. The fourth-order valence-corrected chi connectivity index (χ4v) is 3.43. The van der Waals surface area contributed by atoms with Gasteiger partial charge in [-0.3, -0.25) is 9.59 Å². The van der Waals surface area contributed by atoms with Gasteiger partial charge in [-0.1, -0.05) is 12.1 Å². The summed E-state index contributed by atoms with van der Waals surface area (Å²) in [4.78, 5) is 26.3. The first kappa shape index (κ1) is 16.9. The number of halogens is 1. The Kier molecular flexibility index (Phi) is 4.58. The molecule has 1 aliphatic carbocycles. The van der Waals surface area contributed by atoms with E-state index in [1.807, 2.05) is 0 Å². The lowest BCUT2D eigenvalue weighted by atomic mass is 9.84. The Morgan fingerprint density at radius 1 is 1.46 bits per heavy atom. The minimum atomic E-state index is -0.466. The van der Waals surface area contributed by atoms with E-state index in [9.17, 15) is 19.1 Å². The first-order valence-corrected chi connectivity index (χ1v) is 8.35. The van der Waals surface area contributed by atoms with Crippen LogP contribution in [-0.4, -0.2) is 42.0 Å². The molecule has 2 N–H and O–H groups in total. The largest absolute Gasteiger partial charge is 0.396 e. The van der Waals surface area contributed by atoms with Gasteiger partial charge in [-0.15, -0.1) is 0 Å². The Labute approximate surface area is 140 Å². The molecule has 0 unspecified atom stereocenters. The molecule has 1 aromatic rings. The lowest BCUT2D eigenvalue weighted by Gasteiger charge is -2.38. The van der Waals surface area contributed by atoms with Gasteiger partial charge in [0, 0.05) is 25.4 Å². The smallest absolute Gasteiger partial charge is 0.225 e. The fraction of sp³-hybridized carbons (Fsp3) is 0.556. The maximum atomic E-state index is 13.6. The number of hydrogen-bond donors (Lipinski definition) is 2. The zero-order valence-electron chi connectivity index (χ0n) is 13.8. The number of nitrogens with zero attached hydrogens (tertiary/aromatic N) is 1. The second kappa shape index (κ2) is 6.51. The van der Waals surface area contributed by atoms with E-state index in [1.165, 1.54) is 12.1 Å². The molecule has 1 saturated heterocycles. The molecule has 1 saturated carbocycles. The summed E-state index contributed by atoms with van der Waals surface area (Å²) >= 11 is 0. The molecule has 3 rings (SSSR count). The van der Waals surface area contributed by atoms with Gasteiger partial charge in [-0.05, 0) is 37.0 Å². The Hall–Kier alpha value is -1.95. The van der Waals surface area contributed by atoms with Crippen LogP contribution in [0.3, 0.4) is 0 Å². The molecule has 6 heteroatoms. The summed E-state index contributed by atoms with van der Waals surface area (Å²) in [6, 6.07) is 5.61. The number of carbonyl (C=O) groups excluding carboxylic acids is 2. The third-order valence-corrected chi connectivity index (χ3v) is 5.32. The predicted octanol–water partition coefficient (Wildman–Crippen LogP) is 1.62. The van der Waals surface area contributed by atoms with E-state index >= 15 is 0 Å². The second-order valence-electron chi connectivity index (χ2n) is 7.03. The minimum Gasteiger partial charge on any atom is -0.396 e. The van der Waals surface area contributed by atoms with Crippen molar-refractivity contribution in [3.05, 3.63) is 35.6 Å². The Balaban J connectivity index is 1.78. The molecule has 1 aliphatic heterocycles. The normalized spacial score (nSPS) is 25.5. The molecule has 2 amide bonds. The minimum absolute atomic E-state index is 0.0395. The molecule has 1 aromatic carbocycles. The zero-order valence-corrected chi connectivity index (χ0v) is 13.8. The van der Waals surface area contributed by atoms with Crippen molar-refractivity contribution in [2.45, 2.75) is 31.7 Å². The summed E-state index contributed by atoms with van der Waals surface area (Å²) in [5.41, 5.74) is 0.467. The van der Waals surface area contributed by atoms with Crippen molar-refractivity contribution in [1.29, 1.82) is 0 Å². The molecule has 0 radical (unpaired) electrons. The highest BCUT2D eigenvalue weighted by Crippen LogP contribution is 2.44. The van der Waals surface area contributed by atoms with Gasteiger partial charge in [-0.2, -0.15) is 0 Å². The summed E-state index contributed by atoms with van der Waals surface area (Å²) < 4.78 is 13.6. The lowest BCUT2D eigenvalue weighted by molar-refractivity contribution is -0.141. The number of aliphatic hydroxyl groups is 1. The SMILES string of the molecule is CN1C(=O)CC[C@H](C(=O)NCC2(CO)CC2)[C@@H]1c1cccc(F)c1. The quantitative estimate of drug-likeness (QED) is 0.860. The summed E-state index contributed by atoms with van der Waals surface area (Å²) in [5, 5.41) is 12.3. The number of hydrogen-bond acceptors (Lipinski definition) is 3. The average Bonchev–Trinajstić information content (AvgIpc) is 3.35. The number of amides is 2. The number of nitrogens with one attached hydrogen (secondary N) is 1. The number of aliphatic hydroxyl groups excluding tert-OH is 1. The third-order valence-electron chi connectivity index (χ3n) is 5.32. The van der Waals surface area contributed by atoms with Gasteiger partial charge in [0.25, 0.3) is 0 Å². The monoisotopic (exact) mass is 334 g/mol. The molecular formula is C18H23FN2O3. The van der Waals surface area contributed by atoms with E-state index in [4.69, 9.17) is 0 Å². The summed E-state index contributed by atoms with van der Waals surface area (Å²) in [5.74, 6) is -0.968. The Bertz CT molecular complexity index is 645. The van der Waals surface area contributed by atoms with Gasteiger partial charge in [0.05, 0.1) is 18.6 Å². The van der Waals surface area contributed by atoms with Crippen molar-refractivity contribution in [3.8, 4) is 0 Å². The number of benzene rings is 1. The molecular weight excluding hydrogens is 311 g/mol. The second-order valence-corrected chi connectivity index (χ2v) is 7.03. The molecule has 1 heterocycles. The van der Waals surface area contributed by atoms with E-state index in [-0.39, 0.29) is 29.7 Å². The van der Waals surface area contributed by atoms with E-state index in [2.05, 4.69) is 5.32 Å². The number of carbonyl (C=O) groups is 2. The molecule has 2 atom stereocenters. The van der Waals surface area contributed by atoms with E-state index in [0.717, 1.165) is 12.8 Å². The molecule has 0 bridgehead atoms. The van der Waals surface area contributed by atoms with Crippen molar-refractivity contribution < 1.29 is 19.1 Å². The summed E-state index contributed by atoms with van der Waals surface area (Å²) in [6.07, 6.45) is 2.59. The molecule has 2 fully saturated rings. The van der Waals surface area contributed by atoms with Gasteiger partial charge in [0.1, 0.15) is 5.82 Å². The highest BCUT2D eigenvalue weighted by molar-refractivity contribution is 5.85. The zero-order chi connectivity index (χ0) is 17.3. The summed E-state index contributed by atoms with van der Waals surface area (Å²) in [7, 11) is 1.66. The van der Waals surface area contributed by atoms with Crippen molar-refractivity contribution >= 4 is 11.8 Å². The van der Waals surface area contributed by atoms with Crippen molar-refractivity contribution in [2.75, 3.05) is 20.2 Å². The summed E-state index contributed by atoms with van der Waals surface area (Å²) in [6.45, 7) is 0.524. The van der Waals surface area contributed by atoms with Gasteiger partial charge in [0.2, 0.25) is 11.8 Å². The standard InChI is InChI=1S/C18H23FN2O3/c1-21-15(23)6-5-14(16(21)12-3-2-4-13(19)9-12)17(24)20-10-18(11-22)7-8-18/h2-4,9,14,16,22H,5-8,10-11H2,1H3,(H,20,24)/t14-,16-/m0/s1. The maximum absolute atomic E-state index is 13.6. The molecule has 0 spiro atoms. The van der Waals surface area contributed by atoms with Crippen molar-refractivity contribution in [3.63, 3.8) is 0 Å². The van der Waals surface area contributed by atoms with Crippen LogP contribution in [0.5, 0.6) is 0 Å². The topological polar surface area (TPSA) is 69.6 Å². The number of likely N-dealkylation sites (tertiary alicyclic amines) is 1. The first-order chi connectivity index (χ1) is 11.5. The van der Waals surface area contributed by atoms with Crippen LogP contribution in [-0.2, 0) is 9.59 Å². The molecule has 2 aliphatic rings. The van der Waals surface area contributed by atoms with Gasteiger partial charge >= 0.3 is 0 Å². The third kappa shape index (κ3) is 3.29. The van der Waals surface area contributed by atoms with Crippen LogP contribution < -0.4 is 5.32 Å². The van der Waals surface area contributed by atoms with E-state index in [0.29, 0.717) is 24.9 Å². The predicted molar refractivity (Wildman–Crippen MR) is 86.4 cm³/mol. The van der Waals surface area contributed by atoms with Gasteiger partial charge in [-0.25, -0.2) is 4.39 Å². The highest BCUT2D eigenvalue weighted by atomic mass is 19.1. The van der Waals surface area contributed by atoms with E-state index < -0.39 is 12.0 Å². The number of rotatable bonds is 5. The Morgan fingerprint density at radius 3 is 2.83 bits per heavy atom. The van der Waals surface area contributed by atoms with Crippen LogP contribution in [0.25, 0.3) is 0 Å². The lowest BCUT2D eigenvalue weighted by Crippen LogP contribution is -2.47. The molecule has 0 aromatic heterocycles. The number of piperidine rings is 1. The van der Waals surface area contributed by atoms with Gasteiger partial charge < -0.3 is 15.3 Å². The van der Waals surface area contributed by atoms with E-state index in [1.54, 1.807) is 24.1 Å². The van der Waals surface area contributed by atoms with Crippen molar-refractivity contribution in [1.82, 2.24) is 10.2 Å². The highest BCUT2D eigenvalue weighted by Gasteiger charge is 2.44.